The number of halogens is 3. The van der Waals surface area contributed by atoms with Gasteiger partial charge in [0.05, 0.1) is 4.47 Å². The molecule has 2 rings (SSSR count). The fourth-order valence-electron chi connectivity index (χ4n) is 1.70. The summed E-state index contributed by atoms with van der Waals surface area (Å²) >= 11 is 2.85. The van der Waals surface area contributed by atoms with Gasteiger partial charge < -0.3 is 4.90 Å². The zero-order chi connectivity index (χ0) is 10.1. The molecule has 1 aromatic carbocycles. The van der Waals surface area contributed by atoms with Crippen molar-refractivity contribution in [2.75, 3.05) is 18.0 Å². The number of anilines is 1. The van der Waals surface area contributed by atoms with Gasteiger partial charge in [0, 0.05) is 18.8 Å². The van der Waals surface area contributed by atoms with Crippen LogP contribution in [0.2, 0.25) is 0 Å². The summed E-state index contributed by atoms with van der Waals surface area (Å²) in [6.07, 6.45) is 2.19. The lowest BCUT2D eigenvalue weighted by molar-refractivity contribution is 0.571. The Morgan fingerprint density at radius 2 is 1.57 bits per heavy atom. The van der Waals surface area contributed by atoms with E-state index in [-0.39, 0.29) is 4.47 Å². The van der Waals surface area contributed by atoms with Gasteiger partial charge >= 0.3 is 0 Å². The molecular weight excluding hydrogens is 252 g/mol. The average Bonchev–Trinajstić information content (AvgIpc) is 2.66. The Morgan fingerprint density at radius 3 is 2.07 bits per heavy atom. The average molecular weight is 262 g/mol. The van der Waals surface area contributed by atoms with Crippen LogP contribution in [0.15, 0.2) is 16.6 Å². The van der Waals surface area contributed by atoms with Crippen LogP contribution in [-0.4, -0.2) is 13.1 Å². The molecule has 0 aromatic heterocycles. The van der Waals surface area contributed by atoms with Crippen molar-refractivity contribution < 1.29 is 8.78 Å². The fraction of sp³-hybridized carbons (Fsp3) is 0.400. The first-order valence-electron chi connectivity index (χ1n) is 4.58. The lowest BCUT2D eigenvalue weighted by atomic mass is 10.3. The summed E-state index contributed by atoms with van der Waals surface area (Å²) in [6.45, 7) is 1.78. The standard InChI is InChI=1S/C10H10BrF2N/c11-10-8(12)5-7(6-9(10)13)14-3-1-2-4-14/h5-6H,1-4H2. The Hall–Kier alpha value is -0.640. The van der Waals surface area contributed by atoms with E-state index < -0.39 is 11.6 Å². The topological polar surface area (TPSA) is 3.24 Å². The molecule has 1 fully saturated rings. The third-order valence-electron chi connectivity index (χ3n) is 2.44. The van der Waals surface area contributed by atoms with Crippen LogP contribution in [0.5, 0.6) is 0 Å². The summed E-state index contributed by atoms with van der Waals surface area (Å²) < 4.78 is 26.3. The van der Waals surface area contributed by atoms with E-state index in [0.717, 1.165) is 25.9 Å². The van der Waals surface area contributed by atoms with Gasteiger partial charge in [0.1, 0.15) is 11.6 Å². The van der Waals surface area contributed by atoms with Gasteiger partial charge in [-0.1, -0.05) is 0 Å². The second kappa shape index (κ2) is 3.85. The predicted molar refractivity (Wildman–Crippen MR) is 55.5 cm³/mol. The van der Waals surface area contributed by atoms with Gasteiger partial charge in [-0.25, -0.2) is 8.78 Å². The van der Waals surface area contributed by atoms with Gasteiger partial charge in [0.15, 0.2) is 0 Å². The van der Waals surface area contributed by atoms with E-state index in [0.29, 0.717) is 5.69 Å². The molecule has 0 bridgehead atoms. The van der Waals surface area contributed by atoms with Gasteiger partial charge in [0.2, 0.25) is 0 Å². The van der Waals surface area contributed by atoms with Crippen molar-refractivity contribution in [2.45, 2.75) is 12.8 Å². The van der Waals surface area contributed by atoms with Crippen LogP contribution in [0.4, 0.5) is 14.5 Å². The summed E-state index contributed by atoms with van der Waals surface area (Å²) in [5.74, 6) is -1.07. The monoisotopic (exact) mass is 261 g/mol. The second-order valence-electron chi connectivity index (χ2n) is 3.42. The van der Waals surface area contributed by atoms with Crippen molar-refractivity contribution in [3.05, 3.63) is 28.2 Å². The minimum Gasteiger partial charge on any atom is -0.371 e. The van der Waals surface area contributed by atoms with Crippen LogP contribution >= 0.6 is 15.9 Å². The van der Waals surface area contributed by atoms with Crippen molar-refractivity contribution >= 4 is 21.6 Å². The molecule has 0 amide bonds. The highest BCUT2D eigenvalue weighted by molar-refractivity contribution is 9.10. The molecule has 1 aliphatic rings. The first kappa shape index (κ1) is 9.90. The SMILES string of the molecule is Fc1cc(N2CCCC2)cc(F)c1Br. The normalized spacial score (nSPS) is 16.4. The molecule has 0 saturated carbocycles. The highest BCUT2D eigenvalue weighted by atomic mass is 79.9. The molecule has 14 heavy (non-hydrogen) atoms. The molecule has 4 heteroatoms. The third-order valence-corrected chi connectivity index (χ3v) is 3.20. The van der Waals surface area contributed by atoms with Crippen LogP contribution < -0.4 is 4.90 Å². The molecule has 0 aliphatic carbocycles. The van der Waals surface area contributed by atoms with E-state index in [1.165, 1.54) is 12.1 Å². The highest BCUT2D eigenvalue weighted by Gasteiger charge is 2.16. The molecule has 0 unspecified atom stereocenters. The maximum absolute atomic E-state index is 13.2. The maximum Gasteiger partial charge on any atom is 0.142 e. The van der Waals surface area contributed by atoms with E-state index in [1.54, 1.807) is 0 Å². The largest absolute Gasteiger partial charge is 0.371 e. The first-order chi connectivity index (χ1) is 6.68. The number of benzene rings is 1. The van der Waals surface area contributed by atoms with Crippen molar-refractivity contribution in [2.24, 2.45) is 0 Å². The van der Waals surface area contributed by atoms with Crippen molar-refractivity contribution in [3.63, 3.8) is 0 Å². The lowest BCUT2D eigenvalue weighted by Crippen LogP contribution is -2.17. The third kappa shape index (κ3) is 1.75. The van der Waals surface area contributed by atoms with Gasteiger partial charge in [-0.05, 0) is 40.9 Å². The molecule has 1 heterocycles. The number of nitrogens with zero attached hydrogens (tertiary/aromatic N) is 1. The minimum atomic E-state index is -0.535. The van der Waals surface area contributed by atoms with Crippen LogP contribution in [-0.2, 0) is 0 Å². The van der Waals surface area contributed by atoms with Crippen molar-refractivity contribution in [1.29, 1.82) is 0 Å². The van der Waals surface area contributed by atoms with E-state index in [9.17, 15) is 8.78 Å². The highest BCUT2D eigenvalue weighted by Crippen LogP contribution is 2.27. The number of rotatable bonds is 1. The van der Waals surface area contributed by atoms with Gasteiger partial charge in [-0.15, -0.1) is 0 Å². The Morgan fingerprint density at radius 1 is 1.07 bits per heavy atom. The molecule has 1 nitrogen and oxygen atoms in total. The van der Waals surface area contributed by atoms with Gasteiger partial charge in [-0.3, -0.25) is 0 Å². The van der Waals surface area contributed by atoms with E-state index in [1.807, 2.05) is 4.90 Å². The van der Waals surface area contributed by atoms with Crippen LogP contribution in [0.3, 0.4) is 0 Å². The zero-order valence-electron chi connectivity index (χ0n) is 7.56. The van der Waals surface area contributed by atoms with Crippen LogP contribution in [0.25, 0.3) is 0 Å². The minimum absolute atomic E-state index is 0.0829. The Bertz CT molecular complexity index is 325. The van der Waals surface area contributed by atoms with Gasteiger partial charge in [0.25, 0.3) is 0 Å². The molecule has 1 aromatic rings. The molecule has 0 spiro atoms. The maximum atomic E-state index is 13.2. The fourth-order valence-corrected chi connectivity index (χ4v) is 1.93. The second-order valence-corrected chi connectivity index (χ2v) is 4.21. The Labute approximate surface area is 89.8 Å². The molecule has 0 N–H and O–H groups in total. The number of hydrogen-bond donors (Lipinski definition) is 0. The summed E-state index contributed by atoms with van der Waals surface area (Å²) in [5, 5.41) is 0. The lowest BCUT2D eigenvalue weighted by Gasteiger charge is -2.17. The summed E-state index contributed by atoms with van der Waals surface area (Å²) in [4.78, 5) is 2.00. The Balaban J connectivity index is 2.34. The van der Waals surface area contributed by atoms with Gasteiger partial charge in [-0.2, -0.15) is 0 Å². The summed E-state index contributed by atoms with van der Waals surface area (Å²) in [7, 11) is 0. The molecule has 1 aliphatic heterocycles. The van der Waals surface area contributed by atoms with Crippen molar-refractivity contribution in [1.82, 2.24) is 0 Å². The van der Waals surface area contributed by atoms with Crippen molar-refractivity contribution in [3.8, 4) is 0 Å². The molecule has 0 atom stereocenters. The molecule has 76 valence electrons. The van der Waals surface area contributed by atoms with Crippen LogP contribution in [0.1, 0.15) is 12.8 Å². The predicted octanol–water partition coefficient (Wildman–Crippen LogP) is 3.33. The quantitative estimate of drug-likeness (QED) is 0.702. The summed E-state index contributed by atoms with van der Waals surface area (Å²) in [6, 6.07) is 2.75. The first-order valence-corrected chi connectivity index (χ1v) is 5.37. The van der Waals surface area contributed by atoms with E-state index >= 15 is 0 Å². The smallest absolute Gasteiger partial charge is 0.142 e. The van der Waals surface area contributed by atoms with E-state index in [4.69, 9.17) is 0 Å². The zero-order valence-corrected chi connectivity index (χ0v) is 9.15. The van der Waals surface area contributed by atoms with E-state index in [2.05, 4.69) is 15.9 Å². The molecule has 1 saturated heterocycles. The van der Waals surface area contributed by atoms with Crippen LogP contribution in [0, 0.1) is 11.6 Å². The molecule has 0 radical (unpaired) electrons. The summed E-state index contributed by atoms with van der Waals surface area (Å²) in [5.41, 5.74) is 0.640. The Kier molecular flexibility index (Phi) is 2.72. The number of hydrogen-bond acceptors (Lipinski definition) is 1. The molecular formula is C10H10BrF2N.